The van der Waals surface area contributed by atoms with Crippen molar-refractivity contribution in [2.24, 2.45) is 10.8 Å². The molecule has 1 amide bonds. The molecule has 1 aliphatic heterocycles. The van der Waals surface area contributed by atoms with E-state index in [0.717, 1.165) is 25.9 Å². The molecule has 0 N–H and O–H groups in total. The van der Waals surface area contributed by atoms with E-state index in [9.17, 15) is 4.79 Å². The Balaban J connectivity index is 1.35. The number of hydrogen-bond donors (Lipinski definition) is 0. The monoisotopic (exact) mass is 496 g/mol. The van der Waals surface area contributed by atoms with Crippen molar-refractivity contribution >= 4 is 28.1 Å². The predicted molar refractivity (Wildman–Crippen MR) is 150 cm³/mol. The fourth-order valence-corrected chi connectivity index (χ4v) is 8.21. The van der Waals surface area contributed by atoms with Gasteiger partial charge in [0, 0.05) is 53.4 Å². The molecule has 1 aliphatic carbocycles. The summed E-state index contributed by atoms with van der Waals surface area (Å²) < 4.78 is 2.36. The smallest absolute Gasteiger partial charge is 0.223 e. The van der Waals surface area contributed by atoms with Gasteiger partial charge in [-0.15, -0.1) is 11.3 Å². The van der Waals surface area contributed by atoms with Crippen LogP contribution in [0.4, 0.5) is 0 Å². The first kappa shape index (κ1) is 23.5. The van der Waals surface area contributed by atoms with Crippen LogP contribution < -0.4 is 0 Å². The molecule has 4 aromatic rings. The van der Waals surface area contributed by atoms with Crippen LogP contribution in [-0.2, 0) is 11.3 Å². The summed E-state index contributed by atoms with van der Waals surface area (Å²) in [6.45, 7) is 8.88. The number of likely N-dealkylation sites (tertiary alicyclic amines) is 1. The van der Waals surface area contributed by atoms with E-state index in [2.05, 4.69) is 109 Å². The molecular formula is C32H36N2OS. The number of carbonyl (C=O) groups excluding carboxylic acids is 1. The number of rotatable bonds is 6. The number of benzene rings is 2. The number of carbonyl (C=O) groups is 1. The van der Waals surface area contributed by atoms with Gasteiger partial charge in [0.15, 0.2) is 0 Å². The highest BCUT2D eigenvalue weighted by molar-refractivity contribution is 7.10. The topological polar surface area (TPSA) is 25.2 Å². The Kier molecular flexibility index (Phi) is 5.83. The summed E-state index contributed by atoms with van der Waals surface area (Å²) >= 11 is 1.77. The molecule has 6 rings (SSSR count). The zero-order valence-corrected chi connectivity index (χ0v) is 22.4. The van der Waals surface area contributed by atoms with Crippen LogP contribution in [0, 0.1) is 10.8 Å². The minimum atomic E-state index is 0.0701. The van der Waals surface area contributed by atoms with E-state index in [1.807, 2.05) is 0 Å². The third-order valence-corrected chi connectivity index (χ3v) is 9.38. The molecule has 2 aliphatic rings. The van der Waals surface area contributed by atoms with Gasteiger partial charge in [-0.25, -0.2) is 0 Å². The van der Waals surface area contributed by atoms with E-state index in [0.29, 0.717) is 23.8 Å². The van der Waals surface area contributed by atoms with Crippen molar-refractivity contribution < 1.29 is 4.79 Å². The minimum Gasteiger partial charge on any atom is -0.343 e. The van der Waals surface area contributed by atoms with Gasteiger partial charge in [0.25, 0.3) is 0 Å². The second-order valence-corrected chi connectivity index (χ2v) is 13.2. The maximum atomic E-state index is 14.0. The number of fused-ring (bicyclic) bond motifs is 3. The summed E-state index contributed by atoms with van der Waals surface area (Å²) in [5, 5.41) is 3.40. The molecule has 4 heteroatoms. The Labute approximate surface area is 218 Å². The van der Waals surface area contributed by atoms with E-state index in [-0.39, 0.29) is 11.3 Å². The lowest BCUT2D eigenvalue weighted by Gasteiger charge is -2.39. The number of amides is 1. The van der Waals surface area contributed by atoms with Gasteiger partial charge >= 0.3 is 0 Å². The van der Waals surface area contributed by atoms with Crippen LogP contribution in [0.3, 0.4) is 0 Å². The van der Waals surface area contributed by atoms with Gasteiger partial charge in [-0.05, 0) is 58.7 Å². The molecule has 186 valence electrons. The molecule has 0 unspecified atom stereocenters. The van der Waals surface area contributed by atoms with Crippen molar-refractivity contribution in [1.82, 2.24) is 9.47 Å². The van der Waals surface area contributed by atoms with Crippen molar-refractivity contribution in [3.63, 3.8) is 0 Å². The maximum Gasteiger partial charge on any atom is 0.223 e. The number of nitrogens with zero attached hydrogens (tertiary/aromatic N) is 2. The predicted octanol–water partition coefficient (Wildman–Crippen LogP) is 7.70. The van der Waals surface area contributed by atoms with Crippen LogP contribution in [0.5, 0.6) is 0 Å². The molecule has 0 spiro atoms. The number of hydrogen-bond acceptors (Lipinski definition) is 2. The number of para-hydroxylation sites is 1. The highest BCUT2D eigenvalue weighted by Crippen LogP contribution is 2.53. The van der Waals surface area contributed by atoms with E-state index < -0.39 is 0 Å². The van der Waals surface area contributed by atoms with Crippen LogP contribution in [-0.4, -0.2) is 28.0 Å². The molecule has 1 saturated carbocycles. The first-order chi connectivity index (χ1) is 17.3. The third-order valence-electron chi connectivity index (χ3n) is 8.39. The van der Waals surface area contributed by atoms with Crippen LogP contribution in [0.1, 0.15) is 68.4 Å². The van der Waals surface area contributed by atoms with Gasteiger partial charge in [-0.1, -0.05) is 75.4 Å². The third kappa shape index (κ3) is 4.41. The Morgan fingerprint density at radius 2 is 1.78 bits per heavy atom. The quantitative estimate of drug-likeness (QED) is 0.268. The molecule has 3 atom stereocenters. The van der Waals surface area contributed by atoms with Crippen molar-refractivity contribution in [3.05, 3.63) is 94.3 Å². The van der Waals surface area contributed by atoms with Crippen LogP contribution in [0.2, 0.25) is 0 Å². The van der Waals surface area contributed by atoms with Crippen molar-refractivity contribution in [2.75, 3.05) is 6.54 Å². The minimum absolute atomic E-state index is 0.0701. The zero-order valence-electron chi connectivity index (χ0n) is 21.6. The average Bonchev–Trinajstić information content (AvgIpc) is 3.55. The second-order valence-electron chi connectivity index (χ2n) is 12.2. The van der Waals surface area contributed by atoms with Crippen LogP contribution in [0.15, 0.2) is 78.3 Å². The van der Waals surface area contributed by atoms with Gasteiger partial charge in [-0.2, -0.15) is 0 Å². The molecule has 2 aromatic carbocycles. The molecule has 2 bridgehead atoms. The molecule has 2 fully saturated rings. The highest BCUT2D eigenvalue weighted by atomic mass is 32.1. The largest absolute Gasteiger partial charge is 0.343 e. The van der Waals surface area contributed by atoms with E-state index in [1.54, 1.807) is 11.3 Å². The van der Waals surface area contributed by atoms with Gasteiger partial charge in [0.2, 0.25) is 5.91 Å². The van der Waals surface area contributed by atoms with Crippen LogP contribution >= 0.6 is 11.3 Å². The molecular weight excluding hydrogens is 460 g/mol. The SMILES string of the molecule is CC1(C)C[C@H]2C[C@@](C)(CN2C(=O)C[C@@H](c2cccs2)c2cn(Cc3ccccc3)c3ccccc23)C1. The summed E-state index contributed by atoms with van der Waals surface area (Å²) in [5.41, 5.74) is 4.35. The van der Waals surface area contributed by atoms with Gasteiger partial charge in [0.05, 0.1) is 0 Å². The molecule has 36 heavy (non-hydrogen) atoms. The summed E-state index contributed by atoms with van der Waals surface area (Å²) in [5.74, 6) is 0.389. The van der Waals surface area contributed by atoms with Crippen LogP contribution in [0.25, 0.3) is 10.9 Å². The normalized spacial score (nSPS) is 23.8. The summed E-state index contributed by atoms with van der Waals surface area (Å²) in [4.78, 5) is 17.5. The van der Waals surface area contributed by atoms with E-state index in [4.69, 9.17) is 0 Å². The average molecular weight is 497 g/mol. The van der Waals surface area contributed by atoms with Gasteiger partial charge in [-0.3, -0.25) is 4.79 Å². The first-order valence-corrected chi connectivity index (χ1v) is 14.1. The summed E-state index contributed by atoms with van der Waals surface area (Å²) in [6.07, 6.45) is 6.33. The lowest BCUT2D eigenvalue weighted by Crippen LogP contribution is -2.38. The van der Waals surface area contributed by atoms with E-state index >= 15 is 0 Å². The van der Waals surface area contributed by atoms with Crippen molar-refractivity contribution in [2.45, 2.75) is 65.0 Å². The molecule has 2 aromatic heterocycles. The number of thiophene rings is 1. The molecule has 3 nitrogen and oxygen atoms in total. The van der Waals surface area contributed by atoms with Crippen molar-refractivity contribution in [3.8, 4) is 0 Å². The van der Waals surface area contributed by atoms with Gasteiger partial charge < -0.3 is 9.47 Å². The second kappa shape index (κ2) is 8.92. The Morgan fingerprint density at radius 3 is 2.56 bits per heavy atom. The fourth-order valence-electron chi connectivity index (χ4n) is 7.36. The van der Waals surface area contributed by atoms with E-state index in [1.165, 1.54) is 33.3 Å². The Morgan fingerprint density at radius 1 is 1.00 bits per heavy atom. The Bertz CT molecular complexity index is 1370. The number of aromatic nitrogens is 1. The molecule has 1 saturated heterocycles. The first-order valence-electron chi connectivity index (χ1n) is 13.2. The lowest BCUT2D eigenvalue weighted by molar-refractivity contribution is -0.132. The van der Waals surface area contributed by atoms with Gasteiger partial charge in [0.1, 0.15) is 0 Å². The molecule has 0 radical (unpaired) electrons. The lowest BCUT2D eigenvalue weighted by atomic mass is 9.65. The summed E-state index contributed by atoms with van der Waals surface area (Å²) in [6, 6.07) is 24.0. The molecule has 3 heterocycles. The zero-order chi connectivity index (χ0) is 24.9. The highest BCUT2D eigenvalue weighted by Gasteiger charge is 2.51. The fraction of sp³-hybridized carbons (Fsp3) is 0.406. The summed E-state index contributed by atoms with van der Waals surface area (Å²) in [7, 11) is 0. The Hall–Kier alpha value is -2.85. The maximum absolute atomic E-state index is 14.0. The standard InChI is InChI=1S/C32H36N2OS/c1-31(2)17-24-18-32(3,21-31)22-34(24)30(35)16-26(29-14-9-15-36-29)27-20-33(19-23-10-5-4-6-11-23)28-13-8-7-12-25(27)28/h4-15,20,24,26H,16-19,21-22H2,1-3H3/t24-,26+,32+/m0/s1. The van der Waals surface area contributed by atoms with Crippen molar-refractivity contribution in [1.29, 1.82) is 0 Å².